The van der Waals surface area contributed by atoms with E-state index in [2.05, 4.69) is 17.4 Å². The number of nitrogens with zero attached hydrogens (tertiary/aromatic N) is 1. The molecule has 0 bridgehead atoms. The van der Waals surface area contributed by atoms with Gasteiger partial charge in [0.2, 0.25) is 0 Å². The van der Waals surface area contributed by atoms with Crippen LogP contribution in [0.2, 0.25) is 0 Å². The van der Waals surface area contributed by atoms with Gasteiger partial charge in [-0.1, -0.05) is 24.6 Å². The molecular weight excluding hydrogens is 186 g/mol. The van der Waals surface area contributed by atoms with Gasteiger partial charge in [0, 0.05) is 12.1 Å². The third kappa shape index (κ3) is 2.51. The Morgan fingerprint density at radius 2 is 2.20 bits per heavy atom. The average Bonchev–Trinajstić information content (AvgIpc) is 2.31. The zero-order valence-corrected chi connectivity index (χ0v) is 9.28. The Balaban J connectivity index is 2.17. The number of piperidine rings is 1. The van der Waals surface area contributed by atoms with Gasteiger partial charge in [-0.05, 0) is 25.8 Å². The molecule has 0 saturated carbocycles. The van der Waals surface area contributed by atoms with Crippen LogP contribution in [0.1, 0.15) is 37.8 Å². The van der Waals surface area contributed by atoms with Crippen LogP contribution >= 0.6 is 0 Å². The van der Waals surface area contributed by atoms with Crippen LogP contribution in [0.15, 0.2) is 24.3 Å². The van der Waals surface area contributed by atoms with Crippen molar-refractivity contribution in [3.63, 3.8) is 0 Å². The van der Waals surface area contributed by atoms with Crippen LogP contribution in [0.5, 0.6) is 5.75 Å². The van der Waals surface area contributed by atoms with E-state index >= 15 is 0 Å². The first kappa shape index (κ1) is 10.5. The normalized spacial score (nSPS) is 21.3. The summed E-state index contributed by atoms with van der Waals surface area (Å²) in [6.07, 6.45) is 3.70. The predicted octanol–water partition coefficient (Wildman–Crippen LogP) is 2.91. The monoisotopic (exact) mass is 204 g/mol. The highest BCUT2D eigenvalue weighted by molar-refractivity contribution is 5.36. The van der Waals surface area contributed by atoms with Gasteiger partial charge in [-0.15, -0.1) is 0 Å². The van der Waals surface area contributed by atoms with Crippen molar-refractivity contribution >= 4 is 0 Å². The van der Waals surface area contributed by atoms with E-state index in [0.717, 1.165) is 18.9 Å². The predicted molar refractivity (Wildman–Crippen MR) is 61.2 cm³/mol. The average molecular weight is 204 g/mol. The second kappa shape index (κ2) is 5.17. The lowest BCUT2D eigenvalue weighted by Gasteiger charge is -2.23. The molecule has 1 unspecified atom stereocenters. The second-order valence-electron chi connectivity index (χ2n) is 3.89. The first-order valence-electron chi connectivity index (χ1n) is 5.80. The maximum Gasteiger partial charge on any atom is 0.124 e. The molecule has 1 saturated heterocycles. The molecule has 1 aromatic rings. The molecule has 0 spiro atoms. The second-order valence-corrected chi connectivity index (χ2v) is 3.89. The SMILES string of the molecule is CCOc1ccccc1C1CCCC[N]1. The Hall–Kier alpha value is -1.02. The van der Waals surface area contributed by atoms with Crippen molar-refractivity contribution in [2.75, 3.05) is 13.2 Å². The van der Waals surface area contributed by atoms with Crippen LogP contribution in [0, 0.1) is 0 Å². The van der Waals surface area contributed by atoms with Crippen molar-refractivity contribution in [3.05, 3.63) is 29.8 Å². The van der Waals surface area contributed by atoms with E-state index < -0.39 is 0 Å². The standard InChI is InChI=1S/C13H18NO/c1-2-15-13-9-4-3-7-11(13)12-8-5-6-10-14-12/h3-4,7,9,12H,2,5-6,8,10H2,1H3. The summed E-state index contributed by atoms with van der Waals surface area (Å²) in [5.41, 5.74) is 1.26. The highest BCUT2D eigenvalue weighted by Crippen LogP contribution is 2.31. The summed E-state index contributed by atoms with van der Waals surface area (Å²) in [6, 6.07) is 8.65. The summed E-state index contributed by atoms with van der Waals surface area (Å²) in [4.78, 5) is 0. The van der Waals surface area contributed by atoms with Crippen molar-refractivity contribution in [1.82, 2.24) is 5.32 Å². The van der Waals surface area contributed by atoms with Gasteiger partial charge in [-0.25, -0.2) is 5.32 Å². The third-order valence-electron chi connectivity index (χ3n) is 2.81. The Kier molecular flexibility index (Phi) is 3.62. The van der Waals surface area contributed by atoms with E-state index in [-0.39, 0.29) is 0 Å². The van der Waals surface area contributed by atoms with Crippen LogP contribution in [0.3, 0.4) is 0 Å². The summed E-state index contributed by atoms with van der Waals surface area (Å²) in [7, 11) is 0. The number of benzene rings is 1. The fourth-order valence-electron chi connectivity index (χ4n) is 2.08. The lowest BCUT2D eigenvalue weighted by Crippen LogP contribution is -2.20. The van der Waals surface area contributed by atoms with E-state index in [1.807, 2.05) is 19.1 Å². The number of hydrogen-bond acceptors (Lipinski definition) is 1. The largest absolute Gasteiger partial charge is 0.494 e. The fourth-order valence-corrected chi connectivity index (χ4v) is 2.08. The molecule has 0 N–H and O–H groups in total. The van der Waals surface area contributed by atoms with Crippen LogP contribution in [0.25, 0.3) is 0 Å². The quantitative estimate of drug-likeness (QED) is 0.742. The molecule has 81 valence electrons. The molecular formula is C13H18NO. The molecule has 1 atom stereocenters. The highest BCUT2D eigenvalue weighted by Gasteiger charge is 2.18. The van der Waals surface area contributed by atoms with Gasteiger partial charge < -0.3 is 4.74 Å². The zero-order valence-electron chi connectivity index (χ0n) is 9.28. The number of ether oxygens (including phenoxy) is 1. The van der Waals surface area contributed by atoms with Crippen molar-refractivity contribution in [2.24, 2.45) is 0 Å². The zero-order chi connectivity index (χ0) is 10.5. The molecule has 1 aliphatic heterocycles. The Bertz CT molecular complexity index is 305. The molecule has 1 radical (unpaired) electrons. The van der Waals surface area contributed by atoms with E-state index in [4.69, 9.17) is 4.74 Å². The summed E-state index contributed by atoms with van der Waals surface area (Å²) in [5, 5.41) is 4.66. The molecule has 1 aromatic carbocycles. The van der Waals surface area contributed by atoms with Crippen molar-refractivity contribution in [3.8, 4) is 5.75 Å². The summed E-state index contributed by atoms with van der Waals surface area (Å²) in [5.74, 6) is 1.01. The lowest BCUT2D eigenvalue weighted by atomic mass is 9.97. The Morgan fingerprint density at radius 3 is 2.93 bits per heavy atom. The van der Waals surface area contributed by atoms with Gasteiger partial charge in [0.25, 0.3) is 0 Å². The van der Waals surface area contributed by atoms with Crippen LogP contribution in [-0.2, 0) is 0 Å². The summed E-state index contributed by atoms with van der Waals surface area (Å²) >= 11 is 0. The van der Waals surface area contributed by atoms with Crippen molar-refractivity contribution in [2.45, 2.75) is 32.2 Å². The summed E-state index contributed by atoms with van der Waals surface area (Å²) in [6.45, 7) is 3.75. The van der Waals surface area contributed by atoms with Gasteiger partial charge in [-0.3, -0.25) is 0 Å². The maximum absolute atomic E-state index is 5.63. The van der Waals surface area contributed by atoms with Crippen molar-refractivity contribution in [1.29, 1.82) is 0 Å². The van der Waals surface area contributed by atoms with Gasteiger partial charge in [0.05, 0.1) is 12.6 Å². The molecule has 1 heterocycles. The molecule has 2 nitrogen and oxygen atoms in total. The first-order chi connectivity index (χ1) is 7.42. The minimum absolute atomic E-state index is 0.362. The third-order valence-corrected chi connectivity index (χ3v) is 2.81. The summed E-state index contributed by atoms with van der Waals surface area (Å²) < 4.78 is 5.63. The molecule has 2 rings (SSSR count). The Labute approximate surface area is 91.6 Å². The van der Waals surface area contributed by atoms with Crippen molar-refractivity contribution < 1.29 is 4.74 Å². The van der Waals surface area contributed by atoms with Gasteiger partial charge >= 0.3 is 0 Å². The molecule has 1 fully saturated rings. The van der Waals surface area contributed by atoms with Gasteiger partial charge in [0.15, 0.2) is 0 Å². The smallest absolute Gasteiger partial charge is 0.124 e. The van der Waals surface area contributed by atoms with Crippen LogP contribution < -0.4 is 10.1 Å². The lowest BCUT2D eigenvalue weighted by molar-refractivity contribution is 0.323. The number of rotatable bonds is 3. The van der Waals surface area contributed by atoms with E-state index in [0.29, 0.717) is 6.04 Å². The minimum atomic E-state index is 0.362. The first-order valence-corrected chi connectivity index (χ1v) is 5.80. The fraction of sp³-hybridized carbons (Fsp3) is 0.538. The van der Waals surface area contributed by atoms with E-state index in [1.165, 1.54) is 24.8 Å². The molecule has 2 heteroatoms. The van der Waals surface area contributed by atoms with E-state index in [9.17, 15) is 0 Å². The topological polar surface area (TPSA) is 23.3 Å². The van der Waals surface area contributed by atoms with Crippen LogP contribution in [0.4, 0.5) is 0 Å². The molecule has 0 aliphatic carbocycles. The minimum Gasteiger partial charge on any atom is -0.494 e. The number of hydrogen-bond donors (Lipinski definition) is 0. The maximum atomic E-state index is 5.63. The Morgan fingerprint density at radius 1 is 1.33 bits per heavy atom. The molecule has 15 heavy (non-hydrogen) atoms. The van der Waals surface area contributed by atoms with Crippen LogP contribution in [-0.4, -0.2) is 13.2 Å². The van der Waals surface area contributed by atoms with Gasteiger partial charge in [0.1, 0.15) is 5.75 Å². The van der Waals surface area contributed by atoms with E-state index in [1.54, 1.807) is 0 Å². The van der Waals surface area contributed by atoms with Gasteiger partial charge in [-0.2, -0.15) is 0 Å². The molecule has 0 aromatic heterocycles. The highest BCUT2D eigenvalue weighted by atomic mass is 16.5. The number of para-hydroxylation sites is 1. The molecule has 1 aliphatic rings. The molecule has 0 amide bonds.